The Morgan fingerprint density at radius 2 is 1.74 bits per heavy atom. The lowest BCUT2D eigenvalue weighted by Gasteiger charge is -2.12. The van der Waals surface area contributed by atoms with Gasteiger partial charge in [-0.05, 0) is 36.2 Å². The zero-order valence-corrected chi connectivity index (χ0v) is 19.8. The van der Waals surface area contributed by atoms with Crippen LogP contribution in [0.15, 0.2) is 95.1 Å². The average Bonchev–Trinajstić information content (AvgIpc) is 2.89. The first kappa shape index (κ1) is 23.7. The van der Waals surface area contributed by atoms with E-state index in [0.29, 0.717) is 16.2 Å². The van der Waals surface area contributed by atoms with E-state index in [1.807, 2.05) is 79.7 Å². The molecule has 0 spiro atoms. The lowest BCUT2D eigenvalue weighted by atomic mass is 9.99. The van der Waals surface area contributed by atoms with Crippen LogP contribution < -0.4 is 5.43 Å². The van der Waals surface area contributed by atoms with E-state index in [1.54, 1.807) is 12.1 Å². The van der Waals surface area contributed by atoms with Crippen LogP contribution in [0, 0.1) is 18.3 Å². The van der Waals surface area contributed by atoms with Gasteiger partial charge in [0, 0.05) is 16.7 Å². The number of hydrogen-bond donors (Lipinski definition) is 2. The Bertz CT molecular complexity index is 1410. The highest BCUT2D eigenvalue weighted by molar-refractivity contribution is 8.00. The van der Waals surface area contributed by atoms with Crippen molar-refractivity contribution >= 4 is 23.9 Å². The Kier molecular flexibility index (Phi) is 7.56. The number of nitriles is 1. The van der Waals surface area contributed by atoms with E-state index in [1.165, 1.54) is 18.0 Å². The summed E-state index contributed by atoms with van der Waals surface area (Å²) >= 11 is 1.18. The van der Waals surface area contributed by atoms with Crippen LogP contribution in [0.5, 0.6) is 5.75 Å². The summed E-state index contributed by atoms with van der Waals surface area (Å²) < 4.78 is 0. The molecule has 0 saturated heterocycles. The van der Waals surface area contributed by atoms with E-state index in [0.717, 1.165) is 27.9 Å². The molecule has 3 aromatic carbocycles. The zero-order valence-electron chi connectivity index (χ0n) is 19.0. The Morgan fingerprint density at radius 1 is 1.06 bits per heavy atom. The molecule has 35 heavy (non-hydrogen) atoms. The number of aromatic hydroxyl groups is 1. The van der Waals surface area contributed by atoms with Crippen LogP contribution in [0.2, 0.25) is 0 Å². The Morgan fingerprint density at radius 3 is 2.40 bits per heavy atom. The van der Waals surface area contributed by atoms with E-state index in [4.69, 9.17) is 4.98 Å². The summed E-state index contributed by atoms with van der Waals surface area (Å²) in [6.45, 7) is 1.87. The third kappa shape index (κ3) is 5.94. The van der Waals surface area contributed by atoms with Crippen molar-refractivity contribution in [1.29, 1.82) is 5.26 Å². The van der Waals surface area contributed by atoms with Crippen molar-refractivity contribution in [3.8, 4) is 34.2 Å². The van der Waals surface area contributed by atoms with Crippen molar-refractivity contribution in [1.82, 2.24) is 10.4 Å². The minimum atomic E-state index is -0.352. The number of nitrogens with one attached hydrogen (secondary N) is 1. The molecule has 0 radical (unpaired) electrons. The molecule has 0 saturated carbocycles. The number of thioether (sulfide) groups is 1. The topological polar surface area (TPSA) is 98.4 Å². The van der Waals surface area contributed by atoms with E-state index < -0.39 is 0 Å². The summed E-state index contributed by atoms with van der Waals surface area (Å²) in [5.41, 5.74) is 7.61. The third-order valence-corrected chi connectivity index (χ3v) is 6.15. The average molecular weight is 479 g/mol. The van der Waals surface area contributed by atoms with Gasteiger partial charge in [-0.25, -0.2) is 10.4 Å². The van der Waals surface area contributed by atoms with Crippen molar-refractivity contribution < 1.29 is 9.90 Å². The van der Waals surface area contributed by atoms with Gasteiger partial charge in [0.25, 0.3) is 0 Å². The number of hydrazone groups is 1. The van der Waals surface area contributed by atoms with Gasteiger partial charge in [0.15, 0.2) is 0 Å². The highest BCUT2D eigenvalue weighted by Gasteiger charge is 2.17. The molecular weight excluding hydrogens is 456 g/mol. The summed E-state index contributed by atoms with van der Waals surface area (Å²) in [5, 5.41) is 24.3. The van der Waals surface area contributed by atoms with Crippen molar-refractivity contribution in [2.75, 3.05) is 5.75 Å². The molecule has 0 bridgehead atoms. The van der Waals surface area contributed by atoms with Gasteiger partial charge in [0.1, 0.15) is 16.8 Å². The summed E-state index contributed by atoms with van der Waals surface area (Å²) in [6, 6.07) is 28.7. The smallest absolute Gasteiger partial charge is 0.250 e. The molecule has 0 aliphatic heterocycles. The maximum Gasteiger partial charge on any atom is 0.250 e. The SMILES string of the molecule is Cc1ccc(C=NNC(=O)CSc2nc(-c3ccccc3)cc(-c3ccccc3)c2C#N)c(O)c1. The molecule has 2 N–H and O–H groups in total. The summed E-state index contributed by atoms with van der Waals surface area (Å²) in [4.78, 5) is 17.1. The third-order valence-electron chi connectivity index (χ3n) is 5.17. The van der Waals surface area contributed by atoms with Crippen LogP contribution in [0.25, 0.3) is 22.4 Å². The monoisotopic (exact) mass is 478 g/mol. The molecular formula is C28H22N4O2S. The molecule has 0 fully saturated rings. The molecule has 6 nitrogen and oxygen atoms in total. The number of phenols is 1. The lowest BCUT2D eigenvalue weighted by molar-refractivity contribution is -0.118. The van der Waals surface area contributed by atoms with Gasteiger partial charge >= 0.3 is 0 Å². The number of aromatic nitrogens is 1. The Hall–Kier alpha value is -4.41. The van der Waals surface area contributed by atoms with Crippen LogP contribution in [0.1, 0.15) is 16.7 Å². The molecule has 0 atom stereocenters. The van der Waals surface area contributed by atoms with Gasteiger partial charge in [0.05, 0.1) is 23.2 Å². The Balaban J connectivity index is 1.57. The predicted molar refractivity (Wildman–Crippen MR) is 139 cm³/mol. The highest BCUT2D eigenvalue weighted by Crippen LogP contribution is 2.34. The van der Waals surface area contributed by atoms with E-state index in [-0.39, 0.29) is 17.4 Å². The fourth-order valence-electron chi connectivity index (χ4n) is 3.44. The number of pyridine rings is 1. The molecule has 1 aromatic heterocycles. The van der Waals surface area contributed by atoms with E-state index >= 15 is 0 Å². The second-order valence-corrected chi connectivity index (χ2v) is 8.69. The van der Waals surface area contributed by atoms with E-state index in [9.17, 15) is 15.2 Å². The number of rotatable bonds is 7. The molecule has 0 unspecified atom stereocenters. The van der Waals surface area contributed by atoms with Crippen molar-refractivity contribution in [2.45, 2.75) is 11.9 Å². The first-order valence-electron chi connectivity index (χ1n) is 10.9. The van der Waals surface area contributed by atoms with Gasteiger partial charge in [-0.3, -0.25) is 4.79 Å². The largest absolute Gasteiger partial charge is 0.507 e. The van der Waals surface area contributed by atoms with Crippen molar-refractivity contribution in [3.63, 3.8) is 0 Å². The van der Waals surface area contributed by atoms with Crippen molar-refractivity contribution in [3.05, 3.63) is 102 Å². The standard InChI is InChI=1S/C28H22N4O2S/c1-19-12-13-22(26(33)14-19)17-30-32-27(34)18-35-28-24(16-29)23(20-8-4-2-5-9-20)15-25(31-28)21-10-6-3-7-11-21/h2-15,17,33H,18H2,1H3,(H,32,34). The molecule has 0 aliphatic carbocycles. The molecule has 4 rings (SSSR count). The van der Waals surface area contributed by atoms with E-state index in [2.05, 4.69) is 16.6 Å². The fraction of sp³-hybridized carbons (Fsp3) is 0.0714. The molecule has 172 valence electrons. The zero-order chi connectivity index (χ0) is 24.6. The second-order valence-electron chi connectivity index (χ2n) is 7.72. The molecule has 1 heterocycles. The Labute approximate surface area is 208 Å². The minimum Gasteiger partial charge on any atom is -0.507 e. The molecule has 1 amide bonds. The van der Waals surface area contributed by atoms with Crippen LogP contribution in [-0.4, -0.2) is 28.0 Å². The summed E-state index contributed by atoms with van der Waals surface area (Å²) in [7, 11) is 0. The molecule has 7 heteroatoms. The number of hydrogen-bond acceptors (Lipinski definition) is 6. The van der Waals surface area contributed by atoms with Gasteiger partial charge in [-0.2, -0.15) is 10.4 Å². The van der Waals surface area contributed by atoms with Crippen LogP contribution in [0.4, 0.5) is 0 Å². The number of aryl methyl sites for hydroxylation is 1. The summed E-state index contributed by atoms with van der Waals surface area (Å²) in [6.07, 6.45) is 1.39. The van der Waals surface area contributed by atoms with Crippen LogP contribution in [0.3, 0.4) is 0 Å². The number of amides is 1. The quantitative estimate of drug-likeness (QED) is 0.206. The van der Waals surface area contributed by atoms with Gasteiger partial charge in [-0.15, -0.1) is 0 Å². The fourth-order valence-corrected chi connectivity index (χ4v) is 4.23. The molecule has 0 aliphatic rings. The van der Waals surface area contributed by atoms with Gasteiger partial charge in [-0.1, -0.05) is 78.5 Å². The van der Waals surface area contributed by atoms with Crippen LogP contribution in [-0.2, 0) is 4.79 Å². The lowest BCUT2D eigenvalue weighted by Crippen LogP contribution is -2.19. The highest BCUT2D eigenvalue weighted by atomic mass is 32.2. The van der Waals surface area contributed by atoms with Gasteiger partial charge in [0.2, 0.25) is 5.91 Å². The predicted octanol–water partition coefficient (Wildman–Crippen LogP) is 5.54. The number of nitrogens with zero attached hydrogens (tertiary/aromatic N) is 3. The number of phenolic OH excluding ortho intramolecular Hbond substituents is 1. The first-order chi connectivity index (χ1) is 17.0. The molecule has 4 aromatic rings. The summed E-state index contributed by atoms with van der Waals surface area (Å²) in [5.74, 6) is -0.243. The normalized spacial score (nSPS) is 10.7. The maximum absolute atomic E-state index is 12.4. The van der Waals surface area contributed by atoms with Gasteiger partial charge < -0.3 is 5.11 Å². The number of carbonyl (C=O) groups excluding carboxylic acids is 1. The maximum atomic E-state index is 12.4. The number of benzene rings is 3. The second kappa shape index (κ2) is 11.1. The van der Waals surface area contributed by atoms with Crippen molar-refractivity contribution in [2.24, 2.45) is 5.10 Å². The van der Waals surface area contributed by atoms with Crippen LogP contribution >= 0.6 is 11.8 Å². The minimum absolute atomic E-state index is 0.0192. The number of carbonyl (C=O) groups is 1. The first-order valence-corrected chi connectivity index (χ1v) is 11.8.